The third-order valence-electron chi connectivity index (χ3n) is 8.23. The molecule has 1 N–H and O–H groups in total. The van der Waals surface area contributed by atoms with Crippen LogP contribution in [0.1, 0.15) is 65.9 Å². The molecule has 1 unspecified atom stereocenters. The fourth-order valence-electron chi connectivity index (χ4n) is 6.44. The van der Waals surface area contributed by atoms with Gasteiger partial charge in [0.15, 0.2) is 0 Å². The van der Waals surface area contributed by atoms with Crippen LogP contribution in [0, 0.1) is 0 Å². The third kappa shape index (κ3) is 5.14. The summed E-state index contributed by atoms with van der Waals surface area (Å²) in [4.78, 5) is 29.8. The molecule has 2 saturated heterocycles. The van der Waals surface area contributed by atoms with E-state index in [1.165, 1.54) is 43.4 Å². The van der Waals surface area contributed by atoms with Gasteiger partial charge in [-0.2, -0.15) is 13.2 Å². The molecule has 36 heavy (non-hydrogen) atoms. The van der Waals surface area contributed by atoms with Gasteiger partial charge in [0.25, 0.3) is 5.91 Å². The monoisotopic (exact) mass is 499 g/mol. The molecule has 2 aromatic rings. The Bertz CT molecular complexity index is 1080. The first-order chi connectivity index (χ1) is 17.3. The van der Waals surface area contributed by atoms with Crippen molar-refractivity contribution < 1.29 is 22.8 Å². The molecule has 192 valence electrons. The van der Waals surface area contributed by atoms with Gasteiger partial charge in [-0.1, -0.05) is 36.4 Å². The van der Waals surface area contributed by atoms with Crippen LogP contribution in [0.3, 0.4) is 0 Å². The van der Waals surface area contributed by atoms with E-state index < -0.39 is 17.6 Å². The number of rotatable bonds is 5. The number of benzene rings is 2. The Balaban J connectivity index is 1.13. The summed E-state index contributed by atoms with van der Waals surface area (Å²) in [6, 6.07) is 16.0. The molecule has 0 radical (unpaired) electrons. The number of alkyl halides is 3. The molecule has 3 fully saturated rings. The predicted octanol–water partition coefficient (Wildman–Crippen LogP) is 4.84. The van der Waals surface area contributed by atoms with Crippen LogP contribution in [0.25, 0.3) is 0 Å². The largest absolute Gasteiger partial charge is 0.416 e. The molecule has 0 spiro atoms. The van der Waals surface area contributed by atoms with Gasteiger partial charge >= 0.3 is 6.18 Å². The van der Waals surface area contributed by atoms with E-state index in [-0.39, 0.29) is 24.1 Å². The van der Waals surface area contributed by atoms with Crippen LogP contribution in [-0.4, -0.2) is 59.4 Å². The average molecular weight is 500 g/mol. The summed E-state index contributed by atoms with van der Waals surface area (Å²) in [7, 11) is 0. The molecule has 1 aliphatic carbocycles. The van der Waals surface area contributed by atoms with Gasteiger partial charge < -0.3 is 10.2 Å². The Labute approximate surface area is 209 Å². The van der Waals surface area contributed by atoms with E-state index >= 15 is 0 Å². The fourth-order valence-corrected chi connectivity index (χ4v) is 6.44. The zero-order valence-electron chi connectivity index (χ0n) is 20.2. The normalized spacial score (nSPS) is 26.6. The Hall–Kier alpha value is -2.87. The number of hydrogen-bond donors (Lipinski definition) is 1. The zero-order chi connectivity index (χ0) is 25.3. The minimum absolute atomic E-state index is 0.102. The first-order valence-corrected chi connectivity index (χ1v) is 12.9. The van der Waals surface area contributed by atoms with Crippen LogP contribution >= 0.6 is 0 Å². The summed E-state index contributed by atoms with van der Waals surface area (Å²) < 4.78 is 38.8. The Kier molecular flexibility index (Phi) is 7.06. The summed E-state index contributed by atoms with van der Waals surface area (Å²) in [5.74, 6) is -0.214. The second-order valence-electron chi connectivity index (χ2n) is 10.2. The number of nitrogens with one attached hydrogen (secondary N) is 1. The van der Waals surface area contributed by atoms with Crippen LogP contribution < -0.4 is 5.32 Å². The minimum Gasteiger partial charge on any atom is -0.343 e. The number of carbonyl (C=O) groups excluding carboxylic acids is 2. The number of fused-ring (bicyclic) bond motifs is 1. The maximum absolute atomic E-state index is 12.9. The molecule has 2 aromatic carbocycles. The number of likely N-dealkylation sites (tertiary alicyclic amines) is 2. The summed E-state index contributed by atoms with van der Waals surface area (Å²) >= 11 is 0. The highest BCUT2D eigenvalue weighted by Gasteiger charge is 2.46. The zero-order valence-corrected chi connectivity index (χ0v) is 20.2. The lowest BCUT2D eigenvalue weighted by atomic mass is 9.81. The third-order valence-corrected chi connectivity index (χ3v) is 8.23. The summed E-state index contributed by atoms with van der Waals surface area (Å²) in [6.45, 7) is 1.43. The van der Waals surface area contributed by atoms with Gasteiger partial charge in [0, 0.05) is 36.8 Å². The maximum Gasteiger partial charge on any atom is 0.416 e. The van der Waals surface area contributed by atoms with E-state index in [0.29, 0.717) is 24.5 Å². The van der Waals surface area contributed by atoms with Crippen molar-refractivity contribution in [3.8, 4) is 0 Å². The molecule has 1 saturated carbocycles. The van der Waals surface area contributed by atoms with Gasteiger partial charge in [0.1, 0.15) is 0 Å². The highest BCUT2D eigenvalue weighted by Crippen LogP contribution is 2.40. The Morgan fingerprint density at radius 2 is 1.58 bits per heavy atom. The molecule has 0 bridgehead atoms. The van der Waals surface area contributed by atoms with Crippen LogP contribution in [-0.2, 0) is 11.0 Å². The van der Waals surface area contributed by atoms with E-state index in [9.17, 15) is 22.8 Å². The predicted molar refractivity (Wildman–Crippen MR) is 130 cm³/mol. The average Bonchev–Trinajstić information content (AvgIpc) is 3.50. The second kappa shape index (κ2) is 10.2. The van der Waals surface area contributed by atoms with Crippen molar-refractivity contribution in [3.05, 3.63) is 71.3 Å². The molecule has 2 heterocycles. The van der Waals surface area contributed by atoms with Crippen molar-refractivity contribution in [2.24, 2.45) is 0 Å². The molecule has 2 amide bonds. The van der Waals surface area contributed by atoms with Crippen LogP contribution in [0.15, 0.2) is 54.6 Å². The number of halogens is 3. The lowest BCUT2D eigenvalue weighted by Crippen LogP contribution is -2.46. The van der Waals surface area contributed by atoms with Gasteiger partial charge in [-0.25, -0.2) is 0 Å². The Morgan fingerprint density at radius 3 is 2.31 bits per heavy atom. The van der Waals surface area contributed by atoms with Crippen molar-refractivity contribution >= 4 is 11.8 Å². The minimum atomic E-state index is -4.52. The molecule has 8 heteroatoms. The molecule has 2 aliphatic heterocycles. The van der Waals surface area contributed by atoms with Crippen molar-refractivity contribution in [1.29, 1.82) is 0 Å². The fraction of sp³-hybridized carbons (Fsp3) is 0.500. The summed E-state index contributed by atoms with van der Waals surface area (Å²) in [6.07, 6.45) is 2.05. The lowest BCUT2D eigenvalue weighted by molar-refractivity contribution is -0.137. The van der Waals surface area contributed by atoms with Gasteiger partial charge in [-0.3, -0.25) is 14.5 Å². The summed E-state index contributed by atoms with van der Waals surface area (Å²) in [5, 5.41) is 2.52. The number of amides is 2. The van der Waals surface area contributed by atoms with Crippen molar-refractivity contribution in [2.75, 3.05) is 19.6 Å². The van der Waals surface area contributed by atoms with Crippen molar-refractivity contribution in [1.82, 2.24) is 15.1 Å². The standard InChI is InChI=1S/C28H32F3N3O2/c29-28(30,31)22-8-4-7-21(17-22)27(36)32-18-26(35)34-16-14-24-25(34)13-15-33(24)23-11-9-20(10-12-23)19-5-2-1-3-6-19/h1-8,17,20,23-25H,9-16,18H2,(H,32,36)/t20?,23?,24?,25-/m0/s1. The van der Waals surface area contributed by atoms with Crippen LogP contribution in [0.4, 0.5) is 13.2 Å². The van der Waals surface area contributed by atoms with Crippen molar-refractivity contribution in [2.45, 2.75) is 68.7 Å². The first-order valence-electron chi connectivity index (χ1n) is 12.9. The molecule has 0 aromatic heterocycles. The van der Waals surface area contributed by atoms with Gasteiger partial charge in [-0.15, -0.1) is 0 Å². The quantitative estimate of drug-likeness (QED) is 0.641. The number of carbonyl (C=O) groups is 2. The van der Waals surface area contributed by atoms with Crippen molar-refractivity contribution in [3.63, 3.8) is 0 Å². The van der Waals surface area contributed by atoms with E-state index in [1.807, 2.05) is 4.90 Å². The lowest BCUT2D eigenvalue weighted by Gasteiger charge is -2.37. The highest BCUT2D eigenvalue weighted by molar-refractivity contribution is 5.96. The maximum atomic E-state index is 12.9. The van der Waals surface area contributed by atoms with Gasteiger partial charge in [-0.05, 0) is 68.2 Å². The number of nitrogens with zero attached hydrogens (tertiary/aromatic N) is 2. The first kappa shape index (κ1) is 24.8. The smallest absolute Gasteiger partial charge is 0.343 e. The van der Waals surface area contributed by atoms with Gasteiger partial charge in [0.05, 0.1) is 12.1 Å². The van der Waals surface area contributed by atoms with E-state index in [1.54, 1.807) is 0 Å². The molecule has 5 nitrogen and oxygen atoms in total. The van der Waals surface area contributed by atoms with Gasteiger partial charge in [0.2, 0.25) is 5.91 Å². The molecular formula is C28H32F3N3O2. The topological polar surface area (TPSA) is 52.7 Å². The molecular weight excluding hydrogens is 467 g/mol. The van der Waals surface area contributed by atoms with Crippen LogP contribution in [0.2, 0.25) is 0 Å². The molecule has 5 rings (SSSR count). The van der Waals surface area contributed by atoms with E-state index in [0.717, 1.165) is 31.5 Å². The highest BCUT2D eigenvalue weighted by atomic mass is 19.4. The molecule has 3 aliphatic rings. The SMILES string of the molecule is O=C(NCC(=O)N1CCC2[C@@H]1CCN2C1CCC(c2ccccc2)CC1)c1cccc(C(F)(F)F)c1. The van der Waals surface area contributed by atoms with Crippen LogP contribution in [0.5, 0.6) is 0 Å². The van der Waals surface area contributed by atoms with E-state index in [4.69, 9.17) is 0 Å². The Morgan fingerprint density at radius 1 is 0.861 bits per heavy atom. The van der Waals surface area contributed by atoms with E-state index in [2.05, 4.69) is 40.5 Å². The second-order valence-corrected chi connectivity index (χ2v) is 10.2. The summed E-state index contributed by atoms with van der Waals surface area (Å²) in [5.41, 5.74) is 0.447. The number of hydrogen-bond acceptors (Lipinski definition) is 3. The molecule has 2 atom stereocenters.